The highest BCUT2D eigenvalue weighted by atomic mass is 35.5. The average Bonchev–Trinajstić information content (AvgIpc) is 1.60. The summed E-state index contributed by atoms with van der Waals surface area (Å²) < 4.78 is 4.24. The third-order valence-corrected chi connectivity index (χ3v) is 1.94. The van der Waals surface area contributed by atoms with Crippen molar-refractivity contribution in [2.45, 2.75) is 16.1 Å². The molecule has 1 saturated heterocycles. The zero-order valence-corrected chi connectivity index (χ0v) is 7.01. The van der Waals surface area contributed by atoms with E-state index in [4.69, 9.17) is 39.5 Å². The van der Waals surface area contributed by atoms with Crippen LogP contribution in [0.3, 0.4) is 0 Å². The molecule has 1 aliphatic rings. The molecule has 1 heterocycles. The maximum Gasteiger partial charge on any atom is 0.142 e. The number of alkyl halides is 3. The molecule has 0 spiro atoms. The lowest BCUT2D eigenvalue weighted by molar-refractivity contribution is 0.0927. The molecule has 0 radical (unpaired) electrons. The summed E-state index contributed by atoms with van der Waals surface area (Å²) in [6, 6.07) is 0. The Labute approximate surface area is 69.2 Å². The second-order valence-electron chi connectivity index (χ2n) is 2.17. The Kier molecular flexibility index (Phi) is 2.49. The van der Waals surface area contributed by atoms with Crippen LogP contribution in [-0.2, 0) is 4.74 Å². The lowest BCUT2D eigenvalue weighted by Crippen LogP contribution is -2.33. The monoisotopic (exact) mass is 188 g/mol. The van der Waals surface area contributed by atoms with Crippen LogP contribution in [0.5, 0.6) is 0 Å². The molecule has 9 heavy (non-hydrogen) atoms. The van der Waals surface area contributed by atoms with Crippen molar-refractivity contribution >= 4 is 34.8 Å². The standard InChI is InChI=1S/C5H7Cl3O/c6-4-1-5(7,8)3-9-2-4/h4H,1-3H2. The Morgan fingerprint density at radius 3 is 2.44 bits per heavy atom. The van der Waals surface area contributed by atoms with Gasteiger partial charge in [-0.1, -0.05) is 23.2 Å². The number of halogens is 3. The summed E-state index contributed by atoms with van der Waals surface area (Å²) in [6.07, 6.45) is 0.609. The van der Waals surface area contributed by atoms with Gasteiger partial charge in [-0.2, -0.15) is 0 Å². The van der Waals surface area contributed by atoms with Crippen molar-refractivity contribution in [3.8, 4) is 0 Å². The Morgan fingerprint density at radius 2 is 2.11 bits per heavy atom. The SMILES string of the molecule is ClC1COCC(Cl)(Cl)C1. The van der Waals surface area contributed by atoms with Gasteiger partial charge in [0.1, 0.15) is 4.33 Å². The highest BCUT2D eigenvalue weighted by molar-refractivity contribution is 6.49. The van der Waals surface area contributed by atoms with Gasteiger partial charge < -0.3 is 4.74 Å². The maximum absolute atomic E-state index is 5.72. The minimum absolute atomic E-state index is 0.0336. The number of hydrogen-bond donors (Lipinski definition) is 0. The van der Waals surface area contributed by atoms with Gasteiger partial charge >= 0.3 is 0 Å². The predicted molar refractivity (Wildman–Crippen MR) is 39.5 cm³/mol. The summed E-state index contributed by atoms with van der Waals surface area (Å²) in [4.78, 5) is 0. The smallest absolute Gasteiger partial charge is 0.142 e. The van der Waals surface area contributed by atoms with Crippen molar-refractivity contribution in [1.82, 2.24) is 0 Å². The van der Waals surface area contributed by atoms with Gasteiger partial charge in [-0.15, -0.1) is 11.6 Å². The number of hydrogen-bond acceptors (Lipinski definition) is 1. The largest absolute Gasteiger partial charge is 0.377 e. The van der Waals surface area contributed by atoms with E-state index in [0.29, 0.717) is 19.6 Å². The van der Waals surface area contributed by atoms with Gasteiger partial charge in [-0.25, -0.2) is 0 Å². The molecule has 0 amide bonds. The van der Waals surface area contributed by atoms with E-state index < -0.39 is 4.33 Å². The molecule has 0 N–H and O–H groups in total. The number of ether oxygens (including phenoxy) is 1. The van der Waals surface area contributed by atoms with Crippen LogP contribution in [0.2, 0.25) is 0 Å². The van der Waals surface area contributed by atoms with Gasteiger partial charge in [0.05, 0.1) is 18.6 Å². The summed E-state index contributed by atoms with van der Waals surface area (Å²) in [5.41, 5.74) is 0. The van der Waals surface area contributed by atoms with E-state index in [1.54, 1.807) is 0 Å². The van der Waals surface area contributed by atoms with Gasteiger partial charge in [-0.05, 0) is 0 Å². The first kappa shape index (κ1) is 7.93. The topological polar surface area (TPSA) is 9.23 Å². The summed E-state index contributed by atoms with van der Waals surface area (Å²) in [5.74, 6) is 0. The molecule has 1 nitrogen and oxygen atoms in total. The van der Waals surface area contributed by atoms with E-state index in [1.165, 1.54) is 0 Å². The van der Waals surface area contributed by atoms with Crippen LogP contribution in [0, 0.1) is 0 Å². The third-order valence-electron chi connectivity index (χ3n) is 1.13. The first-order chi connectivity index (χ1) is 4.10. The van der Waals surface area contributed by atoms with Crippen molar-refractivity contribution in [2.24, 2.45) is 0 Å². The molecule has 1 atom stereocenters. The third kappa shape index (κ3) is 2.50. The maximum atomic E-state index is 5.72. The zero-order valence-electron chi connectivity index (χ0n) is 4.74. The van der Waals surface area contributed by atoms with Crippen LogP contribution in [0.15, 0.2) is 0 Å². The predicted octanol–water partition coefficient (Wildman–Crippen LogP) is 2.19. The first-order valence-electron chi connectivity index (χ1n) is 2.70. The molecule has 4 heteroatoms. The minimum Gasteiger partial charge on any atom is -0.377 e. The van der Waals surface area contributed by atoms with Crippen molar-refractivity contribution in [1.29, 1.82) is 0 Å². The Hall–Kier alpha value is 0.830. The molecule has 0 bridgehead atoms. The Bertz CT molecular complexity index is 104. The molecule has 1 unspecified atom stereocenters. The van der Waals surface area contributed by atoms with Crippen LogP contribution in [-0.4, -0.2) is 22.9 Å². The molecule has 0 aromatic carbocycles. The molecule has 1 fully saturated rings. The van der Waals surface area contributed by atoms with Crippen LogP contribution >= 0.6 is 34.8 Å². The minimum atomic E-state index is -0.759. The van der Waals surface area contributed by atoms with Gasteiger partial charge in [-0.3, -0.25) is 0 Å². The highest BCUT2D eigenvalue weighted by Gasteiger charge is 2.32. The van der Waals surface area contributed by atoms with Gasteiger partial charge in [0.25, 0.3) is 0 Å². The molecule has 0 aromatic heterocycles. The van der Waals surface area contributed by atoms with Crippen molar-refractivity contribution in [3.63, 3.8) is 0 Å². The number of rotatable bonds is 0. The van der Waals surface area contributed by atoms with E-state index in [0.717, 1.165) is 0 Å². The van der Waals surface area contributed by atoms with Gasteiger partial charge in [0.2, 0.25) is 0 Å². The van der Waals surface area contributed by atoms with Crippen LogP contribution in [0.4, 0.5) is 0 Å². The van der Waals surface area contributed by atoms with E-state index in [9.17, 15) is 0 Å². The molecule has 1 aliphatic heterocycles. The fourth-order valence-electron chi connectivity index (χ4n) is 0.778. The van der Waals surface area contributed by atoms with E-state index in [1.807, 2.05) is 0 Å². The normalized spacial score (nSPS) is 34.3. The summed E-state index contributed by atoms with van der Waals surface area (Å²) in [5, 5.41) is -0.0336. The average molecular weight is 189 g/mol. The molecule has 0 saturated carbocycles. The van der Waals surface area contributed by atoms with E-state index in [2.05, 4.69) is 0 Å². The quantitative estimate of drug-likeness (QED) is 0.531. The highest BCUT2D eigenvalue weighted by Crippen LogP contribution is 2.32. The zero-order chi connectivity index (χ0) is 6.91. The first-order valence-corrected chi connectivity index (χ1v) is 3.89. The molecule has 0 aromatic rings. The summed E-state index contributed by atoms with van der Waals surface area (Å²) in [7, 11) is 0. The van der Waals surface area contributed by atoms with Crippen LogP contribution in [0.25, 0.3) is 0 Å². The lowest BCUT2D eigenvalue weighted by atomic mass is 10.2. The van der Waals surface area contributed by atoms with Crippen molar-refractivity contribution in [2.75, 3.05) is 13.2 Å². The van der Waals surface area contributed by atoms with E-state index in [-0.39, 0.29) is 5.38 Å². The summed E-state index contributed by atoms with van der Waals surface area (Å²) in [6.45, 7) is 0.947. The molecule has 54 valence electrons. The fraction of sp³-hybridized carbons (Fsp3) is 1.00. The van der Waals surface area contributed by atoms with Gasteiger partial charge in [0.15, 0.2) is 0 Å². The summed E-state index contributed by atoms with van der Waals surface area (Å²) >= 11 is 17.2. The molecule has 0 aliphatic carbocycles. The van der Waals surface area contributed by atoms with Crippen molar-refractivity contribution in [3.05, 3.63) is 0 Å². The fourth-order valence-corrected chi connectivity index (χ4v) is 1.82. The molecule has 1 rings (SSSR count). The molecular formula is C5H7Cl3O. The van der Waals surface area contributed by atoms with Crippen molar-refractivity contribution < 1.29 is 4.74 Å². The van der Waals surface area contributed by atoms with Crippen LogP contribution in [0.1, 0.15) is 6.42 Å². The van der Waals surface area contributed by atoms with Crippen LogP contribution < -0.4 is 0 Å². The Balaban J connectivity index is 2.41. The van der Waals surface area contributed by atoms with E-state index >= 15 is 0 Å². The molecular weight excluding hydrogens is 182 g/mol. The lowest BCUT2D eigenvalue weighted by Gasteiger charge is -2.27. The second kappa shape index (κ2) is 2.83. The van der Waals surface area contributed by atoms with Gasteiger partial charge in [0, 0.05) is 6.42 Å². The second-order valence-corrected chi connectivity index (χ2v) is 4.43. The Morgan fingerprint density at radius 1 is 1.44 bits per heavy atom.